The fourth-order valence-electron chi connectivity index (χ4n) is 2.99. The van der Waals surface area contributed by atoms with E-state index in [1.165, 1.54) is 5.56 Å². The van der Waals surface area contributed by atoms with Gasteiger partial charge in [0.05, 0.1) is 11.5 Å². The normalized spacial score (nSPS) is 24.4. The number of para-hydroxylation sites is 1. The van der Waals surface area contributed by atoms with E-state index in [9.17, 15) is 13.2 Å². The first-order valence-corrected chi connectivity index (χ1v) is 8.46. The van der Waals surface area contributed by atoms with Crippen LogP contribution in [0.1, 0.15) is 18.4 Å². The number of nitrogens with zero attached hydrogens (tertiary/aromatic N) is 1. The van der Waals surface area contributed by atoms with Crippen LogP contribution in [-0.4, -0.2) is 32.4 Å². The Hall–Kier alpha value is -1.36. The molecule has 0 saturated carbocycles. The predicted molar refractivity (Wildman–Crippen MR) is 73.9 cm³/mol. The number of rotatable bonds is 2. The lowest BCUT2D eigenvalue weighted by molar-refractivity contribution is -0.119. The molecule has 1 saturated heterocycles. The van der Waals surface area contributed by atoms with Crippen molar-refractivity contribution in [3.63, 3.8) is 0 Å². The highest BCUT2D eigenvalue weighted by Gasteiger charge is 2.32. The lowest BCUT2D eigenvalue weighted by Crippen LogP contribution is -2.30. The molecular formula is C14H17NO3S. The first-order valence-electron chi connectivity index (χ1n) is 6.64. The minimum Gasteiger partial charge on any atom is -0.312 e. The van der Waals surface area contributed by atoms with Crippen LogP contribution in [0.15, 0.2) is 24.3 Å². The number of fused-ring (bicyclic) bond motifs is 1. The summed E-state index contributed by atoms with van der Waals surface area (Å²) in [6.45, 7) is 0.720. The molecule has 0 bridgehead atoms. The van der Waals surface area contributed by atoms with E-state index in [4.69, 9.17) is 0 Å². The fraction of sp³-hybridized carbons (Fsp3) is 0.500. The largest absolute Gasteiger partial charge is 0.312 e. The molecule has 102 valence electrons. The Kier molecular flexibility index (Phi) is 3.09. The second kappa shape index (κ2) is 4.63. The van der Waals surface area contributed by atoms with Gasteiger partial charge in [-0.05, 0) is 30.4 Å². The summed E-state index contributed by atoms with van der Waals surface area (Å²) in [6, 6.07) is 7.93. The molecule has 0 aliphatic carbocycles. The molecule has 19 heavy (non-hydrogen) atoms. The summed E-state index contributed by atoms with van der Waals surface area (Å²) in [5.41, 5.74) is 2.20. The Balaban J connectivity index is 1.70. The molecule has 3 rings (SSSR count). The molecule has 2 heterocycles. The lowest BCUT2D eigenvalue weighted by atomic mass is 10.0. The van der Waals surface area contributed by atoms with Crippen LogP contribution in [0.25, 0.3) is 0 Å². The van der Waals surface area contributed by atoms with Gasteiger partial charge in [-0.1, -0.05) is 18.2 Å². The summed E-state index contributed by atoms with van der Waals surface area (Å²) in [5.74, 6) is 0.479. The number of carbonyl (C=O) groups is 1. The number of amides is 1. The number of benzene rings is 1. The summed E-state index contributed by atoms with van der Waals surface area (Å²) in [4.78, 5) is 14.1. The monoisotopic (exact) mass is 279 g/mol. The van der Waals surface area contributed by atoms with Gasteiger partial charge in [-0.2, -0.15) is 0 Å². The molecule has 2 aliphatic heterocycles. The summed E-state index contributed by atoms with van der Waals surface area (Å²) >= 11 is 0. The molecule has 0 aromatic heterocycles. The van der Waals surface area contributed by atoms with Gasteiger partial charge in [0.1, 0.15) is 0 Å². The van der Waals surface area contributed by atoms with Gasteiger partial charge in [0.2, 0.25) is 5.91 Å². The van der Waals surface area contributed by atoms with Gasteiger partial charge in [-0.15, -0.1) is 0 Å². The number of carbonyl (C=O) groups excluding carboxylic acids is 1. The maximum atomic E-state index is 12.3. The molecule has 1 unspecified atom stereocenters. The number of hydrogen-bond donors (Lipinski definition) is 0. The van der Waals surface area contributed by atoms with Crippen molar-refractivity contribution in [1.82, 2.24) is 0 Å². The van der Waals surface area contributed by atoms with E-state index in [-0.39, 0.29) is 23.3 Å². The molecule has 1 aromatic rings. The molecule has 4 nitrogen and oxygen atoms in total. The smallest absolute Gasteiger partial charge is 0.227 e. The number of sulfone groups is 1. The van der Waals surface area contributed by atoms with Crippen molar-refractivity contribution in [2.24, 2.45) is 5.92 Å². The topological polar surface area (TPSA) is 54.5 Å². The molecule has 1 atom stereocenters. The zero-order chi connectivity index (χ0) is 13.5. The maximum Gasteiger partial charge on any atom is 0.227 e. The van der Waals surface area contributed by atoms with E-state index in [0.29, 0.717) is 12.8 Å². The molecule has 0 radical (unpaired) electrons. The molecule has 0 spiro atoms. The van der Waals surface area contributed by atoms with Gasteiger partial charge in [0.15, 0.2) is 9.84 Å². The predicted octanol–water partition coefficient (Wildman–Crippen LogP) is 1.40. The highest BCUT2D eigenvalue weighted by molar-refractivity contribution is 7.91. The van der Waals surface area contributed by atoms with Crippen molar-refractivity contribution in [3.05, 3.63) is 29.8 Å². The third-order valence-electron chi connectivity index (χ3n) is 3.98. The molecule has 0 N–H and O–H groups in total. The van der Waals surface area contributed by atoms with Crippen LogP contribution in [0.4, 0.5) is 5.69 Å². The Morgan fingerprint density at radius 1 is 1.32 bits per heavy atom. The van der Waals surface area contributed by atoms with Crippen molar-refractivity contribution in [2.45, 2.75) is 19.3 Å². The van der Waals surface area contributed by atoms with E-state index in [1.54, 1.807) is 4.90 Å². The molecule has 1 fully saturated rings. The van der Waals surface area contributed by atoms with Crippen LogP contribution in [0.3, 0.4) is 0 Å². The van der Waals surface area contributed by atoms with Crippen molar-refractivity contribution >= 4 is 21.4 Å². The van der Waals surface area contributed by atoms with E-state index in [1.807, 2.05) is 24.3 Å². The van der Waals surface area contributed by atoms with Crippen LogP contribution in [0.2, 0.25) is 0 Å². The maximum absolute atomic E-state index is 12.3. The average Bonchev–Trinajstić information content (AvgIpc) is 2.92. The van der Waals surface area contributed by atoms with Crippen LogP contribution in [0, 0.1) is 5.92 Å². The van der Waals surface area contributed by atoms with Gasteiger partial charge in [0.25, 0.3) is 0 Å². The van der Waals surface area contributed by atoms with Gasteiger partial charge < -0.3 is 4.90 Å². The molecule has 1 aromatic carbocycles. The Morgan fingerprint density at radius 3 is 2.84 bits per heavy atom. The first-order chi connectivity index (χ1) is 9.05. The molecular weight excluding hydrogens is 262 g/mol. The summed E-state index contributed by atoms with van der Waals surface area (Å²) in [6.07, 6.45) is 1.88. The summed E-state index contributed by atoms with van der Waals surface area (Å²) < 4.78 is 22.8. The van der Waals surface area contributed by atoms with E-state index >= 15 is 0 Å². The van der Waals surface area contributed by atoms with Gasteiger partial charge in [-0.25, -0.2) is 8.42 Å². The van der Waals surface area contributed by atoms with Crippen molar-refractivity contribution in [2.75, 3.05) is 23.0 Å². The highest BCUT2D eigenvalue weighted by atomic mass is 32.2. The standard InChI is InChI=1S/C14H17NO3S/c16-14(9-11-6-8-19(17,18)10-11)15-7-5-12-3-1-2-4-13(12)15/h1-4,11H,5-10H2. The van der Waals surface area contributed by atoms with Crippen molar-refractivity contribution < 1.29 is 13.2 Å². The summed E-state index contributed by atoms with van der Waals surface area (Å²) in [7, 11) is -2.90. The molecule has 1 amide bonds. The number of anilines is 1. The Labute approximate surface area is 113 Å². The minimum absolute atomic E-state index is 0.00487. The minimum atomic E-state index is -2.90. The van der Waals surface area contributed by atoms with E-state index in [2.05, 4.69) is 0 Å². The van der Waals surface area contributed by atoms with E-state index < -0.39 is 9.84 Å². The molecule has 2 aliphatic rings. The number of hydrogen-bond acceptors (Lipinski definition) is 3. The summed E-state index contributed by atoms with van der Waals surface area (Å²) in [5, 5.41) is 0. The van der Waals surface area contributed by atoms with Crippen LogP contribution >= 0.6 is 0 Å². The molecule has 5 heteroatoms. The third kappa shape index (κ3) is 2.52. The van der Waals surface area contributed by atoms with Crippen LogP contribution < -0.4 is 4.90 Å². The van der Waals surface area contributed by atoms with Crippen LogP contribution in [0.5, 0.6) is 0 Å². The quantitative estimate of drug-likeness (QED) is 0.822. The zero-order valence-corrected chi connectivity index (χ0v) is 11.5. The Bertz CT molecular complexity index is 609. The first kappa shape index (κ1) is 12.7. The van der Waals surface area contributed by atoms with Gasteiger partial charge in [0, 0.05) is 18.7 Å². The lowest BCUT2D eigenvalue weighted by Gasteiger charge is -2.19. The van der Waals surface area contributed by atoms with Gasteiger partial charge >= 0.3 is 0 Å². The van der Waals surface area contributed by atoms with Crippen molar-refractivity contribution in [3.8, 4) is 0 Å². The zero-order valence-electron chi connectivity index (χ0n) is 10.7. The van der Waals surface area contributed by atoms with E-state index in [0.717, 1.165) is 18.7 Å². The van der Waals surface area contributed by atoms with Crippen molar-refractivity contribution in [1.29, 1.82) is 0 Å². The second-order valence-electron chi connectivity index (χ2n) is 5.40. The SMILES string of the molecule is O=C(CC1CCS(=O)(=O)C1)N1CCc2ccccc21. The van der Waals surface area contributed by atoms with Gasteiger partial charge in [-0.3, -0.25) is 4.79 Å². The van der Waals surface area contributed by atoms with Crippen LogP contribution in [-0.2, 0) is 21.1 Å². The highest BCUT2D eigenvalue weighted by Crippen LogP contribution is 2.30. The third-order valence-corrected chi connectivity index (χ3v) is 5.82. The fourth-order valence-corrected chi connectivity index (χ4v) is 4.85. The average molecular weight is 279 g/mol. The second-order valence-corrected chi connectivity index (χ2v) is 7.63. The Morgan fingerprint density at radius 2 is 2.11 bits per heavy atom.